The summed E-state index contributed by atoms with van der Waals surface area (Å²) in [5, 5.41) is 2.38. The summed E-state index contributed by atoms with van der Waals surface area (Å²) in [4.78, 5) is 0. The van der Waals surface area contributed by atoms with Crippen molar-refractivity contribution in [2.75, 3.05) is 5.33 Å². The van der Waals surface area contributed by atoms with Crippen molar-refractivity contribution in [2.24, 2.45) is 5.92 Å². The minimum absolute atomic E-state index is 0.509. The Hall–Kier alpha value is -0.0200. The van der Waals surface area contributed by atoms with Crippen molar-refractivity contribution >= 4 is 55.1 Å². The van der Waals surface area contributed by atoms with Crippen molar-refractivity contribution in [3.8, 4) is 0 Å². The lowest BCUT2D eigenvalue weighted by Gasteiger charge is -2.15. The van der Waals surface area contributed by atoms with Crippen molar-refractivity contribution in [3.05, 3.63) is 68.1 Å². The smallest absolute Gasteiger partial charge is 0.0452 e. The van der Waals surface area contributed by atoms with Crippen LogP contribution >= 0.6 is 55.1 Å². The number of rotatable bonds is 5. The van der Waals surface area contributed by atoms with Crippen LogP contribution in [-0.4, -0.2) is 5.33 Å². The van der Waals surface area contributed by atoms with E-state index in [0.717, 1.165) is 33.2 Å². The Balaban J connectivity index is 2.07. The van der Waals surface area contributed by atoms with Gasteiger partial charge in [0.1, 0.15) is 0 Å². The fourth-order valence-electron chi connectivity index (χ4n) is 2.13. The molecule has 2 rings (SSSR count). The second-order valence-corrected chi connectivity index (χ2v) is 7.20. The standard InChI is InChI=1S/C16H14Br2Cl2/c17-10-12(7-11-1-4-14(18)5-2-11)8-13-3-6-15(19)9-16(13)20/h1-6,9,12H,7-8,10H2. The predicted octanol–water partition coefficient (Wildman–Crippen LogP) is 6.55. The molecule has 2 aromatic rings. The molecule has 0 fully saturated rings. The Kier molecular flexibility index (Phi) is 6.41. The molecule has 0 aliphatic rings. The van der Waals surface area contributed by atoms with Crippen LogP contribution in [0.25, 0.3) is 0 Å². The SMILES string of the molecule is Clc1ccc(CC(CBr)Cc2ccc(Br)cc2)c(Cl)c1. The lowest BCUT2D eigenvalue weighted by molar-refractivity contribution is 0.591. The highest BCUT2D eigenvalue weighted by Gasteiger charge is 2.12. The number of hydrogen-bond donors (Lipinski definition) is 0. The van der Waals surface area contributed by atoms with Crippen molar-refractivity contribution in [1.82, 2.24) is 0 Å². The molecule has 0 nitrogen and oxygen atoms in total. The highest BCUT2D eigenvalue weighted by atomic mass is 79.9. The zero-order chi connectivity index (χ0) is 14.5. The molecule has 0 bridgehead atoms. The van der Waals surface area contributed by atoms with Gasteiger partial charge < -0.3 is 0 Å². The van der Waals surface area contributed by atoms with Crippen LogP contribution in [0.4, 0.5) is 0 Å². The van der Waals surface area contributed by atoms with Crippen molar-refractivity contribution in [2.45, 2.75) is 12.8 Å². The van der Waals surface area contributed by atoms with Gasteiger partial charge in [-0.2, -0.15) is 0 Å². The maximum Gasteiger partial charge on any atom is 0.0452 e. The van der Waals surface area contributed by atoms with Gasteiger partial charge in [0.2, 0.25) is 0 Å². The normalized spacial score (nSPS) is 12.4. The van der Waals surface area contributed by atoms with Gasteiger partial charge in [-0.05, 0) is 54.2 Å². The summed E-state index contributed by atoms with van der Waals surface area (Å²) in [7, 11) is 0. The topological polar surface area (TPSA) is 0 Å². The largest absolute Gasteiger partial charge is 0.0925 e. The van der Waals surface area contributed by atoms with Crippen molar-refractivity contribution in [1.29, 1.82) is 0 Å². The summed E-state index contributed by atoms with van der Waals surface area (Å²) < 4.78 is 1.11. The van der Waals surface area contributed by atoms with Gasteiger partial charge in [-0.25, -0.2) is 0 Å². The lowest BCUT2D eigenvalue weighted by Crippen LogP contribution is -2.10. The average Bonchev–Trinajstić information content (AvgIpc) is 2.43. The molecule has 20 heavy (non-hydrogen) atoms. The molecule has 2 aromatic carbocycles. The van der Waals surface area contributed by atoms with Crippen LogP contribution in [0.3, 0.4) is 0 Å². The molecular formula is C16H14Br2Cl2. The molecule has 1 atom stereocenters. The van der Waals surface area contributed by atoms with E-state index in [-0.39, 0.29) is 0 Å². The fraction of sp³-hybridized carbons (Fsp3) is 0.250. The fourth-order valence-corrected chi connectivity index (χ4v) is 3.34. The summed E-state index contributed by atoms with van der Waals surface area (Å²) in [5.41, 5.74) is 2.49. The Labute approximate surface area is 146 Å². The third-order valence-electron chi connectivity index (χ3n) is 3.18. The predicted molar refractivity (Wildman–Crippen MR) is 95.3 cm³/mol. The summed E-state index contributed by atoms with van der Waals surface area (Å²) in [6.45, 7) is 0. The van der Waals surface area contributed by atoms with Crippen molar-refractivity contribution < 1.29 is 0 Å². The molecule has 1 unspecified atom stereocenters. The van der Waals surface area contributed by atoms with Crippen LogP contribution in [0.1, 0.15) is 11.1 Å². The minimum atomic E-state index is 0.509. The van der Waals surface area contributed by atoms with E-state index in [4.69, 9.17) is 23.2 Å². The first-order chi connectivity index (χ1) is 9.58. The maximum atomic E-state index is 6.25. The summed E-state index contributed by atoms with van der Waals surface area (Å²) in [5.74, 6) is 0.509. The molecular weight excluding hydrogens is 423 g/mol. The summed E-state index contributed by atoms with van der Waals surface area (Å²) in [6, 6.07) is 14.2. The van der Waals surface area contributed by atoms with E-state index in [9.17, 15) is 0 Å². The van der Waals surface area contributed by atoms with E-state index in [2.05, 4.69) is 56.1 Å². The quantitative estimate of drug-likeness (QED) is 0.466. The minimum Gasteiger partial charge on any atom is -0.0925 e. The van der Waals surface area contributed by atoms with Gasteiger partial charge in [0.25, 0.3) is 0 Å². The molecule has 0 heterocycles. The van der Waals surface area contributed by atoms with Gasteiger partial charge in [0.05, 0.1) is 0 Å². The Bertz CT molecular complexity index is 567. The van der Waals surface area contributed by atoms with E-state index in [0.29, 0.717) is 10.9 Å². The van der Waals surface area contributed by atoms with Crippen LogP contribution in [-0.2, 0) is 12.8 Å². The van der Waals surface area contributed by atoms with Gasteiger partial charge in [0, 0.05) is 19.8 Å². The van der Waals surface area contributed by atoms with Crippen molar-refractivity contribution in [3.63, 3.8) is 0 Å². The van der Waals surface area contributed by atoms with E-state index in [1.165, 1.54) is 5.56 Å². The van der Waals surface area contributed by atoms with Crippen LogP contribution in [0.15, 0.2) is 46.9 Å². The van der Waals surface area contributed by atoms with Gasteiger partial charge in [0.15, 0.2) is 0 Å². The van der Waals surface area contributed by atoms with E-state index in [1.807, 2.05) is 18.2 Å². The first kappa shape index (κ1) is 16.4. The Morgan fingerprint density at radius 2 is 1.65 bits per heavy atom. The highest BCUT2D eigenvalue weighted by molar-refractivity contribution is 9.10. The Morgan fingerprint density at radius 1 is 0.950 bits per heavy atom. The molecule has 0 amide bonds. The van der Waals surface area contributed by atoms with Crippen LogP contribution < -0.4 is 0 Å². The van der Waals surface area contributed by atoms with Gasteiger partial charge in [-0.3, -0.25) is 0 Å². The zero-order valence-electron chi connectivity index (χ0n) is 10.8. The monoisotopic (exact) mass is 434 g/mol. The molecule has 0 aliphatic heterocycles. The van der Waals surface area contributed by atoms with Crippen LogP contribution in [0.2, 0.25) is 10.0 Å². The first-order valence-electron chi connectivity index (χ1n) is 6.33. The lowest BCUT2D eigenvalue weighted by atomic mass is 9.94. The summed E-state index contributed by atoms with van der Waals surface area (Å²) in [6.07, 6.45) is 1.97. The van der Waals surface area contributed by atoms with E-state index < -0.39 is 0 Å². The number of benzene rings is 2. The second kappa shape index (κ2) is 7.84. The highest BCUT2D eigenvalue weighted by Crippen LogP contribution is 2.25. The molecule has 0 saturated heterocycles. The number of alkyl halides is 1. The third-order valence-corrected chi connectivity index (χ3v) is 5.21. The molecule has 0 saturated carbocycles. The van der Waals surface area contributed by atoms with Crippen LogP contribution in [0.5, 0.6) is 0 Å². The van der Waals surface area contributed by atoms with Crippen LogP contribution in [0, 0.1) is 5.92 Å². The molecule has 0 N–H and O–H groups in total. The van der Waals surface area contributed by atoms with Gasteiger partial charge in [-0.15, -0.1) is 0 Å². The third kappa shape index (κ3) is 4.77. The Morgan fingerprint density at radius 3 is 2.25 bits per heavy atom. The first-order valence-corrected chi connectivity index (χ1v) is 9.00. The maximum absolute atomic E-state index is 6.25. The zero-order valence-corrected chi connectivity index (χ0v) is 15.4. The van der Waals surface area contributed by atoms with E-state index in [1.54, 1.807) is 0 Å². The molecule has 0 radical (unpaired) electrons. The van der Waals surface area contributed by atoms with Gasteiger partial charge >= 0.3 is 0 Å². The number of halogens is 4. The average molecular weight is 437 g/mol. The molecule has 0 spiro atoms. The molecule has 0 aromatic heterocycles. The summed E-state index contributed by atoms with van der Waals surface area (Å²) >= 11 is 19.2. The molecule has 0 aliphatic carbocycles. The number of hydrogen-bond acceptors (Lipinski definition) is 0. The molecule has 106 valence electrons. The second-order valence-electron chi connectivity index (χ2n) is 4.79. The molecule has 4 heteroatoms. The van der Waals surface area contributed by atoms with Gasteiger partial charge in [-0.1, -0.05) is 73.3 Å². The van der Waals surface area contributed by atoms with E-state index >= 15 is 0 Å².